The highest BCUT2D eigenvalue weighted by Crippen LogP contribution is 2.21. The van der Waals surface area contributed by atoms with Gasteiger partial charge in [0.2, 0.25) is 5.89 Å². The summed E-state index contributed by atoms with van der Waals surface area (Å²) in [7, 11) is 0. The van der Waals surface area contributed by atoms with Crippen molar-refractivity contribution in [1.82, 2.24) is 10.1 Å². The Bertz CT molecular complexity index is 540. The van der Waals surface area contributed by atoms with Gasteiger partial charge in [-0.2, -0.15) is 18.2 Å². The normalized spacial score (nSPS) is 11.6. The minimum Gasteiger partial charge on any atom is -0.385 e. The molecule has 1 N–H and O–H groups in total. The zero-order valence-corrected chi connectivity index (χ0v) is 11.4. The predicted molar refractivity (Wildman–Crippen MR) is 71.9 cm³/mol. The van der Waals surface area contributed by atoms with Gasteiger partial charge >= 0.3 is 6.18 Å². The van der Waals surface area contributed by atoms with Crippen molar-refractivity contribution in [2.45, 2.75) is 31.9 Å². The summed E-state index contributed by atoms with van der Waals surface area (Å²) >= 11 is 0. The van der Waals surface area contributed by atoms with Crippen molar-refractivity contribution in [2.24, 2.45) is 0 Å². The maximum absolute atomic E-state index is 12.1. The molecule has 2 aromatic rings. The molecular formula is C14H16F3N3O. The van der Waals surface area contributed by atoms with Gasteiger partial charge in [0.1, 0.15) is 0 Å². The lowest BCUT2D eigenvalue weighted by atomic mass is 10.2. The van der Waals surface area contributed by atoms with Crippen LogP contribution in [0.4, 0.5) is 18.9 Å². The maximum Gasteiger partial charge on any atom is 0.389 e. The zero-order valence-electron chi connectivity index (χ0n) is 11.4. The monoisotopic (exact) mass is 299 g/mol. The Labute approximate surface area is 120 Å². The number of halogens is 3. The molecular weight excluding hydrogens is 283 g/mol. The van der Waals surface area contributed by atoms with Crippen LogP contribution >= 0.6 is 0 Å². The average Bonchev–Trinajstić information content (AvgIpc) is 2.90. The third kappa shape index (κ3) is 5.85. The summed E-state index contributed by atoms with van der Waals surface area (Å²) in [4.78, 5) is 3.95. The Kier molecular flexibility index (Phi) is 5.19. The van der Waals surface area contributed by atoms with Gasteiger partial charge in [0.15, 0.2) is 5.82 Å². The summed E-state index contributed by atoms with van der Waals surface area (Å²) in [5, 5.41) is 6.78. The summed E-state index contributed by atoms with van der Waals surface area (Å²) in [5.41, 5.74) is 1.02. The van der Waals surface area contributed by atoms with E-state index in [-0.39, 0.29) is 12.2 Å². The minimum absolute atomic E-state index is 0.110. The number of rotatable bonds is 7. The zero-order chi connectivity index (χ0) is 15.1. The van der Waals surface area contributed by atoms with Crippen LogP contribution in [0.15, 0.2) is 34.9 Å². The van der Waals surface area contributed by atoms with Crippen molar-refractivity contribution >= 4 is 5.69 Å². The fraction of sp³-hybridized carbons (Fsp3) is 0.429. The van der Waals surface area contributed by atoms with Gasteiger partial charge < -0.3 is 9.84 Å². The third-order valence-corrected chi connectivity index (χ3v) is 2.81. The quantitative estimate of drug-likeness (QED) is 0.794. The topological polar surface area (TPSA) is 51.0 Å². The van der Waals surface area contributed by atoms with E-state index in [0.29, 0.717) is 12.3 Å². The lowest BCUT2D eigenvalue weighted by Crippen LogP contribution is -2.09. The highest BCUT2D eigenvalue weighted by atomic mass is 19.4. The van der Waals surface area contributed by atoms with Crippen LogP contribution in [0, 0.1) is 0 Å². The number of para-hydroxylation sites is 1. The number of benzene rings is 1. The average molecular weight is 299 g/mol. The highest BCUT2D eigenvalue weighted by Gasteiger charge is 2.27. The molecule has 0 unspecified atom stereocenters. The number of aromatic nitrogens is 2. The van der Waals surface area contributed by atoms with Crippen LogP contribution in [0.3, 0.4) is 0 Å². The molecule has 114 valence electrons. The van der Waals surface area contributed by atoms with Crippen LogP contribution in [0.1, 0.15) is 24.6 Å². The Hall–Kier alpha value is -2.05. The number of aryl methyl sites for hydroxylation is 2. The molecule has 0 radical (unpaired) electrons. The van der Waals surface area contributed by atoms with Crippen molar-refractivity contribution in [1.29, 1.82) is 0 Å². The Morgan fingerprint density at radius 2 is 1.86 bits per heavy atom. The first-order chi connectivity index (χ1) is 10.0. The van der Waals surface area contributed by atoms with E-state index < -0.39 is 12.6 Å². The summed E-state index contributed by atoms with van der Waals surface area (Å²) in [6.45, 7) is 0.726. The van der Waals surface area contributed by atoms with E-state index in [0.717, 1.165) is 18.7 Å². The maximum atomic E-state index is 12.1. The number of nitrogens with one attached hydrogen (secondary N) is 1. The second-order valence-electron chi connectivity index (χ2n) is 4.62. The van der Waals surface area contributed by atoms with E-state index in [9.17, 15) is 13.2 Å². The molecule has 0 saturated heterocycles. The van der Waals surface area contributed by atoms with Crippen LogP contribution in [0.5, 0.6) is 0 Å². The van der Waals surface area contributed by atoms with Gasteiger partial charge in [-0.3, -0.25) is 0 Å². The van der Waals surface area contributed by atoms with Gasteiger partial charge in [0, 0.05) is 25.1 Å². The van der Waals surface area contributed by atoms with Crippen LogP contribution in [0.25, 0.3) is 0 Å². The lowest BCUT2D eigenvalue weighted by molar-refractivity contribution is -0.134. The first-order valence-corrected chi connectivity index (χ1v) is 6.70. The smallest absolute Gasteiger partial charge is 0.385 e. The second kappa shape index (κ2) is 7.10. The van der Waals surface area contributed by atoms with Crippen molar-refractivity contribution in [2.75, 3.05) is 11.9 Å². The minimum atomic E-state index is -4.19. The first kappa shape index (κ1) is 15.3. The predicted octanol–water partition coefficient (Wildman–Crippen LogP) is 3.61. The molecule has 0 bridgehead atoms. The molecule has 1 aromatic heterocycles. The van der Waals surface area contributed by atoms with Gasteiger partial charge in [0.25, 0.3) is 0 Å². The molecule has 0 amide bonds. The van der Waals surface area contributed by atoms with Gasteiger partial charge in [-0.1, -0.05) is 23.4 Å². The van der Waals surface area contributed by atoms with Crippen molar-refractivity contribution < 1.29 is 17.7 Å². The van der Waals surface area contributed by atoms with Crippen LogP contribution in [0.2, 0.25) is 0 Å². The van der Waals surface area contributed by atoms with E-state index >= 15 is 0 Å². The number of hydrogen-bond donors (Lipinski definition) is 1. The van der Waals surface area contributed by atoms with Crippen LogP contribution in [-0.4, -0.2) is 22.9 Å². The number of alkyl halides is 3. The molecule has 21 heavy (non-hydrogen) atoms. The Morgan fingerprint density at radius 1 is 1.10 bits per heavy atom. The van der Waals surface area contributed by atoms with Crippen molar-refractivity contribution in [3.8, 4) is 0 Å². The van der Waals surface area contributed by atoms with E-state index in [1.807, 2.05) is 30.3 Å². The lowest BCUT2D eigenvalue weighted by Gasteiger charge is -2.04. The van der Waals surface area contributed by atoms with Gasteiger partial charge in [-0.05, 0) is 18.6 Å². The molecule has 0 saturated carbocycles. The number of nitrogens with zero attached hydrogens (tertiary/aromatic N) is 2. The first-order valence-electron chi connectivity index (χ1n) is 6.70. The fourth-order valence-corrected chi connectivity index (χ4v) is 1.78. The van der Waals surface area contributed by atoms with Crippen molar-refractivity contribution in [3.63, 3.8) is 0 Å². The largest absolute Gasteiger partial charge is 0.389 e. The van der Waals surface area contributed by atoms with E-state index in [1.54, 1.807) is 0 Å². The number of anilines is 1. The third-order valence-electron chi connectivity index (χ3n) is 2.81. The fourth-order valence-electron chi connectivity index (χ4n) is 1.78. The molecule has 4 nitrogen and oxygen atoms in total. The summed E-state index contributed by atoms with van der Waals surface area (Å²) in [6, 6.07) is 9.73. The van der Waals surface area contributed by atoms with Crippen LogP contribution in [-0.2, 0) is 12.8 Å². The van der Waals surface area contributed by atoms with Gasteiger partial charge in [-0.15, -0.1) is 0 Å². The van der Waals surface area contributed by atoms with Crippen molar-refractivity contribution in [3.05, 3.63) is 42.0 Å². The molecule has 1 heterocycles. The Morgan fingerprint density at radius 3 is 2.57 bits per heavy atom. The second-order valence-corrected chi connectivity index (χ2v) is 4.62. The molecule has 0 spiro atoms. The van der Waals surface area contributed by atoms with Gasteiger partial charge in [0.05, 0.1) is 6.42 Å². The SMILES string of the molecule is FC(F)(F)CCc1noc(CCCNc2ccccc2)n1. The summed E-state index contributed by atoms with van der Waals surface area (Å²) < 4.78 is 41.1. The molecule has 0 aliphatic heterocycles. The van der Waals surface area contributed by atoms with Gasteiger partial charge in [-0.25, -0.2) is 0 Å². The standard InChI is InChI=1S/C14H16F3N3O/c15-14(16,17)9-8-12-19-13(21-20-12)7-4-10-18-11-5-2-1-3-6-11/h1-3,5-6,18H,4,7-10H2. The molecule has 1 aromatic carbocycles. The summed E-state index contributed by atoms with van der Waals surface area (Å²) in [5.74, 6) is 0.486. The highest BCUT2D eigenvalue weighted by molar-refractivity contribution is 5.42. The molecule has 0 aliphatic carbocycles. The summed E-state index contributed by atoms with van der Waals surface area (Å²) in [6.07, 6.45) is -4.06. The molecule has 2 rings (SSSR count). The molecule has 0 atom stereocenters. The van der Waals surface area contributed by atoms with Crippen LogP contribution < -0.4 is 5.32 Å². The Balaban J connectivity index is 1.68. The van der Waals surface area contributed by atoms with E-state index in [4.69, 9.17) is 4.52 Å². The number of hydrogen-bond acceptors (Lipinski definition) is 4. The molecule has 7 heteroatoms. The van der Waals surface area contributed by atoms with E-state index in [1.165, 1.54) is 0 Å². The molecule has 0 fully saturated rings. The molecule has 0 aliphatic rings. The van der Waals surface area contributed by atoms with E-state index in [2.05, 4.69) is 15.5 Å².